The number of imidazole rings is 1. The molecule has 2 fully saturated rings. The molecule has 11 heteroatoms. The highest BCUT2D eigenvalue weighted by Crippen LogP contribution is 2.51. The first-order valence-electron chi connectivity index (χ1n) is 11.4. The number of nitrogens with zero attached hydrogens (tertiary/aromatic N) is 3. The number of halogens is 1. The van der Waals surface area contributed by atoms with Gasteiger partial charge in [-0.15, -0.1) is 11.8 Å². The Labute approximate surface area is 204 Å². The van der Waals surface area contributed by atoms with Gasteiger partial charge in [0, 0.05) is 28.7 Å². The van der Waals surface area contributed by atoms with Crippen LogP contribution in [-0.2, 0) is 16.1 Å². The summed E-state index contributed by atoms with van der Waals surface area (Å²) in [6.07, 6.45) is 10.0. The van der Waals surface area contributed by atoms with Gasteiger partial charge in [0.2, 0.25) is 17.1 Å². The quantitative estimate of drug-likeness (QED) is 0.401. The number of thioether (sulfide) groups is 1. The summed E-state index contributed by atoms with van der Waals surface area (Å²) in [6, 6.07) is -0.163. The van der Waals surface area contributed by atoms with Crippen molar-refractivity contribution in [2.45, 2.75) is 50.3 Å². The average Bonchev–Trinajstić information content (AvgIpc) is 3.50. The highest BCUT2D eigenvalue weighted by Gasteiger charge is 2.58. The maximum Gasteiger partial charge on any atom is 0.249 e. The Kier molecular flexibility index (Phi) is 6.30. The third kappa shape index (κ3) is 3.98. The van der Waals surface area contributed by atoms with Crippen LogP contribution in [0.3, 0.4) is 0 Å². The van der Waals surface area contributed by atoms with Crippen LogP contribution in [0.5, 0.6) is 0 Å². The number of aromatic nitrogens is 2. The van der Waals surface area contributed by atoms with Crippen LogP contribution in [0.2, 0.25) is 0 Å². The van der Waals surface area contributed by atoms with Crippen LogP contribution in [0.4, 0.5) is 4.39 Å². The number of carbonyl (C=O) groups excluding carboxylic acids is 2. The molecule has 2 aromatic rings. The zero-order chi connectivity index (χ0) is 24.1. The lowest BCUT2D eigenvalue weighted by Gasteiger charge is -2.47. The largest absolute Gasteiger partial charge is 0.543 e. The van der Waals surface area contributed by atoms with Crippen molar-refractivity contribution in [3.05, 3.63) is 40.3 Å². The van der Waals surface area contributed by atoms with Crippen LogP contribution in [0.1, 0.15) is 25.1 Å². The molecule has 2 aromatic heterocycles. The number of nitrogens with one attached hydrogen (secondary N) is 1. The number of carbonyl (C=O) groups is 2. The van der Waals surface area contributed by atoms with Crippen molar-refractivity contribution in [2.75, 3.05) is 13.2 Å². The van der Waals surface area contributed by atoms with Crippen molar-refractivity contribution in [3.8, 4) is 0 Å². The van der Waals surface area contributed by atoms with Gasteiger partial charge >= 0.3 is 0 Å². The van der Waals surface area contributed by atoms with Gasteiger partial charge in [-0.3, -0.25) is 4.79 Å². The highest BCUT2D eigenvalue weighted by molar-refractivity contribution is 8.03. The van der Waals surface area contributed by atoms with Gasteiger partial charge in [-0.2, -0.15) is 4.40 Å². The van der Waals surface area contributed by atoms with E-state index in [9.17, 15) is 24.2 Å². The predicted molar refractivity (Wildman–Crippen MR) is 125 cm³/mol. The van der Waals surface area contributed by atoms with E-state index in [1.54, 1.807) is 18.3 Å². The second-order valence-electron chi connectivity index (χ2n) is 9.15. The van der Waals surface area contributed by atoms with Gasteiger partial charge in [0.1, 0.15) is 25.6 Å². The van der Waals surface area contributed by atoms with Crippen LogP contribution in [0.25, 0.3) is 10.9 Å². The van der Waals surface area contributed by atoms with Gasteiger partial charge in [-0.05, 0) is 19.4 Å². The summed E-state index contributed by atoms with van der Waals surface area (Å²) in [5.74, 6) is -2.39. The molecule has 5 rings (SSSR count). The van der Waals surface area contributed by atoms with Crippen LogP contribution >= 0.6 is 23.1 Å². The number of aliphatic hydroxyl groups excluding tert-OH is 1. The van der Waals surface area contributed by atoms with Crippen LogP contribution in [-0.4, -0.2) is 62.9 Å². The van der Waals surface area contributed by atoms with E-state index in [2.05, 4.69) is 17.5 Å². The number of aliphatic hydroxyl groups is 1. The molecule has 182 valence electrons. The summed E-state index contributed by atoms with van der Waals surface area (Å²) in [6.45, 7) is 4.19. The topological polar surface area (TPSA) is 101 Å². The smallest absolute Gasteiger partial charge is 0.249 e. The Bertz CT molecular complexity index is 1160. The van der Waals surface area contributed by atoms with Crippen molar-refractivity contribution in [3.63, 3.8) is 0 Å². The second kappa shape index (κ2) is 9.10. The van der Waals surface area contributed by atoms with E-state index in [1.165, 1.54) is 16.7 Å². The number of aryl methyl sites for hydroxylation is 1. The summed E-state index contributed by atoms with van der Waals surface area (Å²) < 4.78 is 16.3. The fourth-order valence-electron chi connectivity index (χ4n) is 5.24. The zero-order valence-electron chi connectivity index (χ0n) is 18.9. The first-order chi connectivity index (χ1) is 16.3. The number of alkyl halides is 1. The van der Waals surface area contributed by atoms with E-state index in [4.69, 9.17) is 0 Å². The molecule has 0 radical (unpaired) electrons. The number of rotatable bonds is 8. The first-order valence-corrected chi connectivity index (χ1v) is 13.1. The van der Waals surface area contributed by atoms with Crippen molar-refractivity contribution < 1.29 is 28.8 Å². The van der Waals surface area contributed by atoms with Gasteiger partial charge in [-0.1, -0.05) is 24.3 Å². The summed E-state index contributed by atoms with van der Waals surface area (Å²) in [7, 11) is 0. The number of fused-ring (bicyclic) bond motifs is 2. The van der Waals surface area contributed by atoms with Gasteiger partial charge in [0.25, 0.3) is 0 Å². The minimum atomic E-state index is -1.33. The molecule has 8 nitrogen and oxygen atoms in total. The molecular weight excluding hydrogens is 479 g/mol. The zero-order valence-corrected chi connectivity index (χ0v) is 20.5. The number of amides is 1. The SMILES string of the molecule is C[C@@H](O)[C@H]1C(=O)N2C(C(=O)[O-])=C(S[C@@H]3CN[C@H](/C=C/c4cn5c[n+](CCF)cc5s4)C3)[C@H](C)[C@H]12. The van der Waals surface area contributed by atoms with Crippen LogP contribution in [0.15, 0.2) is 35.4 Å². The number of carboxylic acids is 1. The second-order valence-corrected chi connectivity index (χ2v) is 11.6. The van der Waals surface area contributed by atoms with Gasteiger partial charge in [-0.25, -0.2) is 8.96 Å². The Hall–Kier alpha value is -2.21. The third-order valence-electron chi connectivity index (χ3n) is 6.85. The van der Waals surface area contributed by atoms with E-state index in [-0.39, 0.29) is 34.9 Å². The normalized spacial score (nSPS) is 29.9. The molecule has 0 aliphatic carbocycles. The van der Waals surface area contributed by atoms with E-state index in [1.807, 2.05) is 34.6 Å². The number of aliphatic carboxylic acids is 1. The number of β-lactam (4-membered cyclic amide) rings is 1. The van der Waals surface area contributed by atoms with Gasteiger partial charge in [0.05, 0.1) is 34.6 Å². The maximum absolute atomic E-state index is 12.5. The van der Waals surface area contributed by atoms with Crippen molar-refractivity contribution in [1.29, 1.82) is 0 Å². The standard InChI is InChI=1S/C23H27FN4O4S2/c1-12-19-18(13(2)29)22(30)28(19)20(23(31)32)21(12)34-16-7-14(25-8-16)3-4-15-9-27-11-26(6-5-24)10-17(27)33-15/h3-4,9-14,16,18-19,25,29H,5-8H2,1-2H3/b4-3+/t12-,13-,14-,16+,18-,19-/m1/s1. The lowest BCUT2D eigenvalue weighted by atomic mass is 9.79. The molecule has 3 aliphatic heterocycles. The molecule has 1 amide bonds. The molecule has 0 unspecified atom stereocenters. The minimum Gasteiger partial charge on any atom is -0.543 e. The average molecular weight is 507 g/mol. The Morgan fingerprint density at radius 3 is 3.00 bits per heavy atom. The minimum absolute atomic E-state index is 0.0252. The number of thiazole rings is 1. The molecule has 0 bridgehead atoms. The summed E-state index contributed by atoms with van der Waals surface area (Å²) >= 11 is 3.14. The predicted octanol–water partition coefficient (Wildman–Crippen LogP) is 0.554. The molecule has 34 heavy (non-hydrogen) atoms. The molecule has 5 heterocycles. The lowest BCUT2D eigenvalue weighted by Crippen LogP contribution is -2.64. The molecule has 6 atom stereocenters. The third-order valence-corrected chi connectivity index (χ3v) is 9.36. The molecule has 0 spiro atoms. The molecule has 0 saturated carbocycles. The van der Waals surface area contributed by atoms with E-state index in [0.717, 1.165) is 22.7 Å². The molecule has 2 N–H and O–H groups in total. The highest BCUT2D eigenvalue weighted by atomic mass is 32.2. The van der Waals surface area contributed by atoms with Crippen LogP contribution < -0.4 is 15.0 Å². The first kappa shape index (κ1) is 23.5. The van der Waals surface area contributed by atoms with Crippen molar-refractivity contribution in [1.82, 2.24) is 14.6 Å². The van der Waals surface area contributed by atoms with Gasteiger partial charge < -0.3 is 25.2 Å². The molecular formula is C23H27FN4O4S2. The lowest BCUT2D eigenvalue weighted by molar-refractivity contribution is -0.695. The number of hydrogen-bond acceptors (Lipinski definition) is 7. The van der Waals surface area contributed by atoms with E-state index < -0.39 is 24.7 Å². The fourth-order valence-corrected chi connectivity index (χ4v) is 7.68. The fraction of sp³-hybridized carbons (Fsp3) is 0.522. The summed E-state index contributed by atoms with van der Waals surface area (Å²) in [5.41, 5.74) is -0.0252. The summed E-state index contributed by atoms with van der Waals surface area (Å²) in [5, 5.41) is 25.5. The maximum atomic E-state index is 12.5. The molecule has 2 saturated heterocycles. The summed E-state index contributed by atoms with van der Waals surface area (Å²) in [4.78, 5) is 28.5. The number of carboxylic acid groups (broad SMARTS) is 1. The Balaban J connectivity index is 1.24. The van der Waals surface area contributed by atoms with E-state index >= 15 is 0 Å². The van der Waals surface area contributed by atoms with Crippen LogP contribution in [0, 0.1) is 11.8 Å². The van der Waals surface area contributed by atoms with Crippen molar-refractivity contribution >= 4 is 45.9 Å². The van der Waals surface area contributed by atoms with Crippen molar-refractivity contribution in [2.24, 2.45) is 11.8 Å². The molecule has 3 aliphatic rings. The van der Waals surface area contributed by atoms with Gasteiger partial charge in [0.15, 0.2) is 0 Å². The Morgan fingerprint density at radius 1 is 1.53 bits per heavy atom. The monoisotopic (exact) mass is 506 g/mol. The molecule has 0 aromatic carbocycles. The number of hydrogen-bond donors (Lipinski definition) is 2. The Morgan fingerprint density at radius 2 is 2.32 bits per heavy atom. The van der Waals surface area contributed by atoms with E-state index in [0.29, 0.717) is 11.4 Å².